The normalized spacial score (nSPS) is 13.3. The standard InChI is InChI=1S/C20H13ClN2O5S/c21-14-2-1-13(28-9-11-3-5-22-6-4-11)8-15(14)23-16(24)7-12-10-29-18(20(26)27)17(12)19(23)25/h1-6,8,10H,7,9H2,(H,26,27). The zero-order valence-corrected chi connectivity index (χ0v) is 16.4. The summed E-state index contributed by atoms with van der Waals surface area (Å²) < 4.78 is 5.74. The molecule has 0 unspecified atom stereocenters. The molecule has 0 saturated carbocycles. The minimum Gasteiger partial charge on any atom is -0.489 e. The lowest BCUT2D eigenvalue weighted by Crippen LogP contribution is -2.42. The summed E-state index contributed by atoms with van der Waals surface area (Å²) in [6.45, 7) is 0.267. The molecule has 4 rings (SSSR count). The number of thiophene rings is 1. The Labute approximate surface area is 174 Å². The van der Waals surface area contributed by atoms with Gasteiger partial charge in [-0.3, -0.25) is 14.6 Å². The van der Waals surface area contributed by atoms with Crippen LogP contribution in [0.1, 0.15) is 31.2 Å². The number of carboxylic acid groups (broad SMARTS) is 1. The highest BCUT2D eigenvalue weighted by molar-refractivity contribution is 7.12. The predicted octanol–water partition coefficient (Wildman–Crippen LogP) is 3.80. The molecule has 0 aliphatic carbocycles. The van der Waals surface area contributed by atoms with E-state index in [1.54, 1.807) is 30.6 Å². The van der Waals surface area contributed by atoms with Gasteiger partial charge in [0, 0.05) is 18.5 Å². The van der Waals surface area contributed by atoms with Crippen molar-refractivity contribution in [2.24, 2.45) is 0 Å². The molecule has 3 heterocycles. The molecule has 9 heteroatoms. The molecule has 0 saturated heterocycles. The molecule has 3 aromatic rings. The van der Waals surface area contributed by atoms with Crippen LogP contribution in [-0.4, -0.2) is 27.9 Å². The van der Waals surface area contributed by atoms with E-state index in [1.165, 1.54) is 17.5 Å². The summed E-state index contributed by atoms with van der Waals surface area (Å²) in [6, 6.07) is 8.27. The van der Waals surface area contributed by atoms with Gasteiger partial charge in [0.05, 0.1) is 22.7 Å². The first-order chi connectivity index (χ1) is 14.0. The minimum atomic E-state index is -1.21. The van der Waals surface area contributed by atoms with E-state index in [-0.39, 0.29) is 34.2 Å². The van der Waals surface area contributed by atoms with Crippen LogP contribution in [0.2, 0.25) is 5.02 Å². The van der Waals surface area contributed by atoms with E-state index in [0.29, 0.717) is 11.3 Å². The van der Waals surface area contributed by atoms with Gasteiger partial charge in [0.15, 0.2) is 0 Å². The number of aromatic carboxylic acids is 1. The topological polar surface area (TPSA) is 96.8 Å². The van der Waals surface area contributed by atoms with Crippen molar-refractivity contribution in [3.05, 3.63) is 74.7 Å². The highest BCUT2D eigenvalue weighted by Gasteiger charge is 2.37. The third-order valence-corrected chi connectivity index (χ3v) is 5.72. The predicted molar refractivity (Wildman–Crippen MR) is 107 cm³/mol. The van der Waals surface area contributed by atoms with Crippen molar-refractivity contribution in [1.29, 1.82) is 0 Å². The average Bonchev–Trinajstić information content (AvgIpc) is 3.13. The van der Waals surface area contributed by atoms with Gasteiger partial charge >= 0.3 is 5.97 Å². The monoisotopic (exact) mass is 428 g/mol. The van der Waals surface area contributed by atoms with Crippen molar-refractivity contribution in [2.45, 2.75) is 13.0 Å². The number of anilines is 1. The number of pyridine rings is 1. The number of aromatic nitrogens is 1. The molecule has 1 N–H and O–H groups in total. The lowest BCUT2D eigenvalue weighted by molar-refractivity contribution is -0.117. The first-order valence-corrected chi connectivity index (χ1v) is 9.73. The van der Waals surface area contributed by atoms with Crippen molar-refractivity contribution < 1.29 is 24.2 Å². The van der Waals surface area contributed by atoms with Crippen molar-refractivity contribution in [3.63, 3.8) is 0 Å². The zero-order valence-electron chi connectivity index (χ0n) is 14.8. The fourth-order valence-corrected chi connectivity index (χ4v) is 4.13. The second kappa shape index (κ2) is 7.65. The summed E-state index contributed by atoms with van der Waals surface area (Å²) in [7, 11) is 0. The van der Waals surface area contributed by atoms with Crippen LogP contribution in [0.3, 0.4) is 0 Å². The van der Waals surface area contributed by atoms with Gasteiger partial charge in [-0.25, -0.2) is 9.69 Å². The number of ether oxygens (including phenoxy) is 1. The SMILES string of the molecule is O=C(O)c1scc2c1C(=O)N(c1cc(OCc3ccncc3)ccc1Cl)C(=O)C2. The largest absolute Gasteiger partial charge is 0.489 e. The number of amides is 2. The van der Waals surface area contributed by atoms with Crippen molar-refractivity contribution in [2.75, 3.05) is 4.90 Å². The summed E-state index contributed by atoms with van der Waals surface area (Å²) in [5.41, 5.74) is 1.50. The molecule has 1 aromatic carbocycles. The average molecular weight is 429 g/mol. The fourth-order valence-electron chi connectivity index (χ4n) is 3.03. The van der Waals surface area contributed by atoms with Crippen LogP contribution in [0.4, 0.5) is 5.69 Å². The van der Waals surface area contributed by atoms with E-state index in [0.717, 1.165) is 21.8 Å². The van der Waals surface area contributed by atoms with Gasteiger partial charge in [-0.1, -0.05) is 11.6 Å². The number of benzene rings is 1. The molecule has 0 radical (unpaired) electrons. The second-order valence-corrected chi connectivity index (χ2v) is 7.53. The first kappa shape index (κ1) is 19.1. The van der Waals surface area contributed by atoms with E-state index < -0.39 is 17.8 Å². The summed E-state index contributed by atoms with van der Waals surface area (Å²) in [4.78, 5) is 41.9. The van der Waals surface area contributed by atoms with Crippen LogP contribution in [0.5, 0.6) is 5.75 Å². The fraction of sp³-hybridized carbons (Fsp3) is 0.100. The first-order valence-electron chi connectivity index (χ1n) is 8.48. The Morgan fingerprint density at radius 1 is 1.24 bits per heavy atom. The van der Waals surface area contributed by atoms with E-state index in [9.17, 15) is 19.5 Å². The van der Waals surface area contributed by atoms with Gasteiger partial charge in [-0.05, 0) is 40.8 Å². The third kappa shape index (κ3) is 3.59. The number of nitrogens with zero attached hydrogens (tertiary/aromatic N) is 2. The van der Waals surface area contributed by atoms with Gasteiger partial charge in [-0.15, -0.1) is 11.3 Å². The second-order valence-electron chi connectivity index (χ2n) is 6.24. The highest BCUT2D eigenvalue weighted by atomic mass is 35.5. The number of halogens is 1. The molecule has 2 aromatic heterocycles. The Hall–Kier alpha value is -3.23. The van der Waals surface area contributed by atoms with Crippen LogP contribution in [0, 0.1) is 0 Å². The Bertz CT molecular complexity index is 1130. The molecule has 0 bridgehead atoms. The van der Waals surface area contributed by atoms with Crippen LogP contribution >= 0.6 is 22.9 Å². The van der Waals surface area contributed by atoms with E-state index >= 15 is 0 Å². The molecule has 7 nitrogen and oxygen atoms in total. The molecule has 1 aliphatic rings. The zero-order chi connectivity index (χ0) is 20.5. The smallest absolute Gasteiger partial charge is 0.346 e. The van der Waals surface area contributed by atoms with Crippen molar-refractivity contribution in [3.8, 4) is 5.75 Å². The number of carbonyl (C=O) groups excluding carboxylic acids is 2. The van der Waals surface area contributed by atoms with Gasteiger partial charge in [0.2, 0.25) is 5.91 Å². The van der Waals surface area contributed by atoms with Crippen LogP contribution in [0.15, 0.2) is 48.1 Å². The summed E-state index contributed by atoms with van der Waals surface area (Å²) in [6.07, 6.45) is 3.22. The van der Waals surface area contributed by atoms with Gasteiger partial charge in [0.25, 0.3) is 5.91 Å². The number of carboxylic acids is 1. The maximum absolute atomic E-state index is 13.0. The third-order valence-electron chi connectivity index (χ3n) is 4.38. The molecule has 146 valence electrons. The highest BCUT2D eigenvalue weighted by Crippen LogP contribution is 2.36. The molecule has 2 amide bonds. The van der Waals surface area contributed by atoms with E-state index in [1.807, 2.05) is 0 Å². The van der Waals surface area contributed by atoms with E-state index in [2.05, 4.69) is 4.98 Å². The lowest BCUT2D eigenvalue weighted by atomic mass is 10.0. The number of hydrogen-bond donors (Lipinski definition) is 1. The van der Waals surface area contributed by atoms with Gasteiger partial charge < -0.3 is 9.84 Å². The van der Waals surface area contributed by atoms with Crippen LogP contribution in [-0.2, 0) is 17.8 Å². The van der Waals surface area contributed by atoms with E-state index in [4.69, 9.17) is 16.3 Å². The lowest BCUT2D eigenvalue weighted by Gasteiger charge is -2.26. The number of fused-ring (bicyclic) bond motifs is 1. The van der Waals surface area contributed by atoms with Crippen molar-refractivity contribution >= 4 is 46.4 Å². The Morgan fingerprint density at radius 2 is 2.00 bits per heavy atom. The summed E-state index contributed by atoms with van der Waals surface area (Å²) in [5, 5.41) is 11.1. The summed E-state index contributed by atoms with van der Waals surface area (Å²) in [5.74, 6) is -1.98. The molecule has 0 atom stereocenters. The molecular formula is C20H13ClN2O5S. The molecule has 0 spiro atoms. The van der Waals surface area contributed by atoms with Crippen LogP contribution < -0.4 is 9.64 Å². The molecule has 1 aliphatic heterocycles. The minimum absolute atomic E-state index is 0.0290. The summed E-state index contributed by atoms with van der Waals surface area (Å²) >= 11 is 7.18. The van der Waals surface area contributed by atoms with Gasteiger partial charge in [0.1, 0.15) is 17.2 Å². The quantitative estimate of drug-likeness (QED) is 0.621. The Morgan fingerprint density at radius 3 is 2.72 bits per heavy atom. The number of hydrogen-bond acceptors (Lipinski definition) is 6. The maximum Gasteiger partial charge on any atom is 0.346 e. The van der Waals surface area contributed by atoms with Gasteiger partial charge in [-0.2, -0.15) is 0 Å². The number of imide groups is 1. The molecular weight excluding hydrogens is 416 g/mol. The molecule has 0 fully saturated rings. The Balaban J connectivity index is 1.66. The Kier molecular flexibility index (Phi) is 5.04. The number of carbonyl (C=O) groups is 3. The molecule has 29 heavy (non-hydrogen) atoms. The number of rotatable bonds is 5. The van der Waals surface area contributed by atoms with Crippen LogP contribution in [0.25, 0.3) is 0 Å². The van der Waals surface area contributed by atoms with Crippen molar-refractivity contribution in [1.82, 2.24) is 4.98 Å². The maximum atomic E-state index is 13.0.